The van der Waals surface area contributed by atoms with Gasteiger partial charge in [0, 0.05) is 18.4 Å². The lowest BCUT2D eigenvalue weighted by Crippen LogP contribution is -2.18. The molecule has 0 spiro atoms. The lowest BCUT2D eigenvalue weighted by molar-refractivity contribution is 0.527. The van der Waals surface area contributed by atoms with Crippen LogP contribution in [0.15, 0.2) is 36.7 Å². The highest BCUT2D eigenvalue weighted by atomic mass is 15.3. The van der Waals surface area contributed by atoms with Crippen LogP contribution in [0.1, 0.15) is 22.7 Å². The maximum atomic E-state index is 6.14. The standard InChI is InChI=1S/C13H17N3/c1-10-4-5-12(8-11(10)2)13(14)9-16-7-3-6-15-16/h3-8,13H,9,14H2,1-2H3. The molecular formula is C13H17N3. The summed E-state index contributed by atoms with van der Waals surface area (Å²) in [6.07, 6.45) is 3.70. The minimum absolute atomic E-state index is 0.000741. The van der Waals surface area contributed by atoms with Gasteiger partial charge in [-0.05, 0) is 36.6 Å². The first-order valence-corrected chi connectivity index (χ1v) is 5.47. The molecule has 16 heavy (non-hydrogen) atoms. The van der Waals surface area contributed by atoms with Gasteiger partial charge in [0.2, 0.25) is 0 Å². The highest BCUT2D eigenvalue weighted by Crippen LogP contribution is 2.16. The quantitative estimate of drug-likeness (QED) is 0.853. The maximum Gasteiger partial charge on any atom is 0.0602 e. The third-order valence-corrected chi connectivity index (χ3v) is 2.90. The number of hydrogen-bond acceptors (Lipinski definition) is 2. The molecule has 1 heterocycles. The first-order chi connectivity index (χ1) is 7.66. The molecule has 0 bridgehead atoms. The van der Waals surface area contributed by atoms with Gasteiger partial charge in [0.05, 0.1) is 6.54 Å². The van der Waals surface area contributed by atoms with E-state index in [0.717, 1.165) is 6.54 Å². The minimum atomic E-state index is -0.000741. The predicted octanol–water partition coefficient (Wildman–Crippen LogP) is 2.20. The van der Waals surface area contributed by atoms with E-state index in [4.69, 9.17) is 5.73 Å². The van der Waals surface area contributed by atoms with Crippen LogP contribution in [-0.4, -0.2) is 9.78 Å². The van der Waals surface area contributed by atoms with E-state index in [1.165, 1.54) is 16.7 Å². The molecule has 1 unspecified atom stereocenters. The Labute approximate surface area is 95.9 Å². The molecule has 0 aliphatic heterocycles. The Balaban J connectivity index is 2.14. The van der Waals surface area contributed by atoms with Crippen molar-refractivity contribution < 1.29 is 0 Å². The van der Waals surface area contributed by atoms with Gasteiger partial charge in [-0.25, -0.2) is 0 Å². The number of aryl methyl sites for hydroxylation is 2. The molecule has 3 nitrogen and oxygen atoms in total. The van der Waals surface area contributed by atoms with Gasteiger partial charge in [0.1, 0.15) is 0 Å². The first kappa shape index (κ1) is 10.9. The van der Waals surface area contributed by atoms with Gasteiger partial charge in [0.25, 0.3) is 0 Å². The molecular weight excluding hydrogens is 198 g/mol. The summed E-state index contributed by atoms with van der Waals surface area (Å²) in [6.45, 7) is 4.94. The van der Waals surface area contributed by atoms with Crippen molar-refractivity contribution in [1.29, 1.82) is 0 Å². The second-order valence-corrected chi connectivity index (χ2v) is 4.18. The number of benzene rings is 1. The van der Waals surface area contributed by atoms with Crippen molar-refractivity contribution in [2.24, 2.45) is 5.73 Å². The number of rotatable bonds is 3. The summed E-state index contributed by atoms with van der Waals surface area (Å²) in [4.78, 5) is 0. The van der Waals surface area contributed by atoms with Crippen LogP contribution >= 0.6 is 0 Å². The van der Waals surface area contributed by atoms with Gasteiger partial charge in [-0.3, -0.25) is 4.68 Å². The maximum absolute atomic E-state index is 6.14. The number of nitrogens with two attached hydrogens (primary N) is 1. The third-order valence-electron chi connectivity index (χ3n) is 2.90. The van der Waals surface area contributed by atoms with Crippen molar-refractivity contribution in [3.05, 3.63) is 53.3 Å². The molecule has 1 atom stereocenters. The smallest absolute Gasteiger partial charge is 0.0602 e. The molecule has 0 fully saturated rings. The van der Waals surface area contributed by atoms with Gasteiger partial charge in [-0.2, -0.15) is 5.10 Å². The molecule has 0 saturated carbocycles. The van der Waals surface area contributed by atoms with E-state index < -0.39 is 0 Å². The normalized spacial score (nSPS) is 12.7. The molecule has 0 aliphatic rings. The topological polar surface area (TPSA) is 43.8 Å². The average molecular weight is 215 g/mol. The molecule has 2 N–H and O–H groups in total. The van der Waals surface area contributed by atoms with Crippen molar-refractivity contribution in [3.63, 3.8) is 0 Å². The number of nitrogens with zero attached hydrogens (tertiary/aromatic N) is 2. The fourth-order valence-electron chi connectivity index (χ4n) is 1.71. The van der Waals surface area contributed by atoms with E-state index >= 15 is 0 Å². The molecule has 0 radical (unpaired) electrons. The Morgan fingerprint density at radius 3 is 2.75 bits per heavy atom. The molecule has 1 aromatic heterocycles. The average Bonchev–Trinajstić information content (AvgIpc) is 2.74. The highest BCUT2D eigenvalue weighted by molar-refractivity contribution is 5.31. The van der Waals surface area contributed by atoms with Crippen LogP contribution in [0, 0.1) is 13.8 Å². The van der Waals surface area contributed by atoms with Gasteiger partial charge in [0.15, 0.2) is 0 Å². The van der Waals surface area contributed by atoms with Crippen LogP contribution in [0.5, 0.6) is 0 Å². The molecule has 84 valence electrons. The Morgan fingerprint density at radius 2 is 2.12 bits per heavy atom. The molecule has 3 heteroatoms. The Bertz CT molecular complexity index is 460. The zero-order valence-corrected chi connectivity index (χ0v) is 9.72. The molecule has 0 aliphatic carbocycles. The van der Waals surface area contributed by atoms with Gasteiger partial charge < -0.3 is 5.73 Å². The van der Waals surface area contributed by atoms with Gasteiger partial charge >= 0.3 is 0 Å². The summed E-state index contributed by atoms with van der Waals surface area (Å²) in [6, 6.07) is 8.28. The largest absolute Gasteiger partial charge is 0.322 e. The SMILES string of the molecule is Cc1ccc(C(N)Cn2cccn2)cc1C. The molecule has 1 aromatic carbocycles. The fraction of sp³-hybridized carbons (Fsp3) is 0.308. The zero-order valence-electron chi connectivity index (χ0n) is 9.72. The lowest BCUT2D eigenvalue weighted by Gasteiger charge is -2.13. The molecule has 0 saturated heterocycles. The molecule has 0 amide bonds. The van der Waals surface area contributed by atoms with Crippen LogP contribution in [0.4, 0.5) is 0 Å². The summed E-state index contributed by atoms with van der Waals surface area (Å²) in [5.74, 6) is 0. The van der Waals surface area contributed by atoms with Gasteiger partial charge in [-0.1, -0.05) is 18.2 Å². The van der Waals surface area contributed by atoms with Gasteiger partial charge in [-0.15, -0.1) is 0 Å². The monoisotopic (exact) mass is 215 g/mol. The second-order valence-electron chi connectivity index (χ2n) is 4.18. The summed E-state index contributed by atoms with van der Waals surface area (Å²) in [5.41, 5.74) is 9.90. The van der Waals surface area contributed by atoms with E-state index in [2.05, 4.69) is 37.1 Å². The third kappa shape index (κ3) is 2.31. The zero-order chi connectivity index (χ0) is 11.5. The van der Waals surface area contributed by atoms with E-state index in [9.17, 15) is 0 Å². The Hall–Kier alpha value is -1.61. The summed E-state index contributed by atoms with van der Waals surface area (Å²) in [7, 11) is 0. The summed E-state index contributed by atoms with van der Waals surface area (Å²) in [5, 5.41) is 4.16. The van der Waals surface area contributed by atoms with Crippen LogP contribution in [-0.2, 0) is 6.54 Å². The predicted molar refractivity (Wildman–Crippen MR) is 65.1 cm³/mol. The molecule has 2 rings (SSSR count). The summed E-state index contributed by atoms with van der Waals surface area (Å²) < 4.78 is 1.86. The number of hydrogen-bond donors (Lipinski definition) is 1. The number of aromatic nitrogens is 2. The van der Waals surface area contributed by atoms with Crippen LogP contribution < -0.4 is 5.73 Å². The highest BCUT2D eigenvalue weighted by Gasteiger charge is 2.07. The van der Waals surface area contributed by atoms with E-state index in [1.54, 1.807) is 6.20 Å². The van der Waals surface area contributed by atoms with Crippen LogP contribution in [0.2, 0.25) is 0 Å². The van der Waals surface area contributed by atoms with Crippen LogP contribution in [0.3, 0.4) is 0 Å². The van der Waals surface area contributed by atoms with Crippen molar-refractivity contribution in [3.8, 4) is 0 Å². The van der Waals surface area contributed by atoms with Crippen molar-refractivity contribution in [1.82, 2.24) is 9.78 Å². The van der Waals surface area contributed by atoms with Crippen molar-refractivity contribution in [2.75, 3.05) is 0 Å². The minimum Gasteiger partial charge on any atom is -0.322 e. The van der Waals surface area contributed by atoms with E-state index in [1.807, 2.05) is 16.9 Å². The van der Waals surface area contributed by atoms with E-state index in [-0.39, 0.29) is 6.04 Å². The van der Waals surface area contributed by atoms with Crippen molar-refractivity contribution >= 4 is 0 Å². The first-order valence-electron chi connectivity index (χ1n) is 5.47. The lowest BCUT2D eigenvalue weighted by atomic mass is 10.0. The fourth-order valence-corrected chi connectivity index (χ4v) is 1.71. The Morgan fingerprint density at radius 1 is 1.31 bits per heavy atom. The van der Waals surface area contributed by atoms with E-state index in [0.29, 0.717) is 0 Å². The van der Waals surface area contributed by atoms with Crippen LogP contribution in [0.25, 0.3) is 0 Å². The Kier molecular flexibility index (Phi) is 3.06. The molecule has 2 aromatic rings. The summed E-state index contributed by atoms with van der Waals surface area (Å²) >= 11 is 0. The van der Waals surface area contributed by atoms with Crippen molar-refractivity contribution in [2.45, 2.75) is 26.4 Å². The second kappa shape index (κ2) is 4.49.